The molecule has 0 spiro atoms. The van der Waals surface area contributed by atoms with Gasteiger partial charge in [-0.05, 0) is 37.6 Å². The molecule has 126 valence electrons. The zero-order valence-electron chi connectivity index (χ0n) is 14.8. The van der Waals surface area contributed by atoms with Crippen LogP contribution in [0, 0.1) is 5.41 Å². The molecule has 1 rings (SSSR count). The Bertz CT molecular complexity index is 256. The van der Waals surface area contributed by atoms with Crippen molar-refractivity contribution in [2.45, 2.75) is 84.7 Å². The molecule has 0 aliphatic heterocycles. The SMILES string of the molecule is CCCNC(CCN(CCO)C1CCCCC1)C(C)(C)C. The number of nitrogens with zero attached hydrogens (tertiary/aromatic N) is 1. The highest BCUT2D eigenvalue weighted by atomic mass is 16.3. The van der Waals surface area contributed by atoms with Gasteiger partial charge in [0.05, 0.1) is 6.61 Å². The molecule has 0 radical (unpaired) electrons. The quantitative estimate of drug-likeness (QED) is 0.684. The molecule has 3 nitrogen and oxygen atoms in total. The lowest BCUT2D eigenvalue weighted by molar-refractivity contribution is 0.110. The maximum atomic E-state index is 9.38. The number of nitrogens with one attached hydrogen (secondary N) is 1. The maximum absolute atomic E-state index is 9.38. The van der Waals surface area contributed by atoms with E-state index in [4.69, 9.17) is 0 Å². The van der Waals surface area contributed by atoms with Gasteiger partial charge in [-0.3, -0.25) is 4.90 Å². The second kappa shape index (κ2) is 9.81. The topological polar surface area (TPSA) is 35.5 Å². The minimum absolute atomic E-state index is 0.291. The van der Waals surface area contributed by atoms with Crippen molar-refractivity contribution in [2.24, 2.45) is 5.41 Å². The highest BCUT2D eigenvalue weighted by Gasteiger charge is 2.26. The molecule has 0 aromatic rings. The standard InChI is InChI=1S/C18H38N2O/c1-5-12-19-17(18(2,3)4)11-13-20(14-15-21)16-9-7-6-8-10-16/h16-17,19,21H,5-15H2,1-4H3. The first-order chi connectivity index (χ1) is 9.99. The molecule has 0 amide bonds. The van der Waals surface area contributed by atoms with Gasteiger partial charge in [-0.25, -0.2) is 0 Å². The van der Waals surface area contributed by atoms with Gasteiger partial charge in [-0.15, -0.1) is 0 Å². The molecule has 0 heterocycles. The summed E-state index contributed by atoms with van der Waals surface area (Å²) in [4.78, 5) is 2.55. The summed E-state index contributed by atoms with van der Waals surface area (Å²) in [5, 5.41) is 13.1. The van der Waals surface area contributed by atoms with Crippen LogP contribution in [0.1, 0.15) is 72.6 Å². The summed E-state index contributed by atoms with van der Waals surface area (Å²) < 4.78 is 0. The van der Waals surface area contributed by atoms with Gasteiger partial charge in [-0.2, -0.15) is 0 Å². The van der Waals surface area contributed by atoms with Crippen LogP contribution in [0.15, 0.2) is 0 Å². The van der Waals surface area contributed by atoms with Crippen LogP contribution in [0.2, 0.25) is 0 Å². The van der Waals surface area contributed by atoms with Gasteiger partial charge < -0.3 is 10.4 Å². The van der Waals surface area contributed by atoms with Crippen LogP contribution in [0.5, 0.6) is 0 Å². The van der Waals surface area contributed by atoms with Crippen LogP contribution < -0.4 is 5.32 Å². The van der Waals surface area contributed by atoms with Gasteiger partial charge in [0.2, 0.25) is 0 Å². The zero-order chi connectivity index (χ0) is 15.7. The Labute approximate surface area is 132 Å². The fourth-order valence-corrected chi connectivity index (χ4v) is 3.51. The van der Waals surface area contributed by atoms with Crippen LogP contribution >= 0.6 is 0 Å². The summed E-state index contributed by atoms with van der Waals surface area (Å²) >= 11 is 0. The van der Waals surface area contributed by atoms with Gasteiger partial charge in [0.1, 0.15) is 0 Å². The fraction of sp³-hybridized carbons (Fsp3) is 1.00. The number of aliphatic hydroxyl groups is 1. The molecule has 3 heteroatoms. The van der Waals surface area contributed by atoms with E-state index in [1.165, 1.54) is 44.9 Å². The lowest BCUT2D eigenvalue weighted by Gasteiger charge is -2.37. The molecule has 21 heavy (non-hydrogen) atoms. The molecule has 1 aliphatic rings. The third-order valence-electron chi connectivity index (χ3n) is 4.87. The van der Waals surface area contributed by atoms with Gasteiger partial charge in [0.25, 0.3) is 0 Å². The van der Waals surface area contributed by atoms with Crippen LogP contribution in [0.25, 0.3) is 0 Å². The highest BCUT2D eigenvalue weighted by Crippen LogP contribution is 2.25. The van der Waals surface area contributed by atoms with E-state index in [0.717, 1.165) is 19.6 Å². The average Bonchev–Trinajstić information content (AvgIpc) is 2.45. The van der Waals surface area contributed by atoms with E-state index in [0.29, 0.717) is 24.1 Å². The van der Waals surface area contributed by atoms with Crippen molar-refractivity contribution in [1.82, 2.24) is 10.2 Å². The largest absolute Gasteiger partial charge is 0.395 e. The molecule has 0 bridgehead atoms. The van der Waals surface area contributed by atoms with Gasteiger partial charge in [-0.1, -0.05) is 47.0 Å². The van der Waals surface area contributed by atoms with E-state index < -0.39 is 0 Å². The molecular formula is C18H38N2O. The van der Waals surface area contributed by atoms with Crippen molar-refractivity contribution in [3.05, 3.63) is 0 Å². The first-order valence-corrected chi connectivity index (χ1v) is 9.07. The molecule has 0 aromatic carbocycles. The summed E-state index contributed by atoms with van der Waals surface area (Å²) in [6, 6.07) is 1.26. The van der Waals surface area contributed by atoms with E-state index in [2.05, 4.69) is 37.9 Å². The predicted molar refractivity (Wildman–Crippen MR) is 91.7 cm³/mol. The van der Waals surface area contributed by atoms with Crippen LogP contribution in [-0.4, -0.2) is 48.3 Å². The smallest absolute Gasteiger partial charge is 0.0558 e. The van der Waals surface area contributed by atoms with Gasteiger partial charge >= 0.3 is 0 Å². The molecule has 1 unspecified atom stereocenters. The third kappa shape index (κ3) is 7.12. The summed E-state index contributed by atoms with van der Waals surface area (Å²) in [5.41, 5.74) is 0.298. The Morgan fingerprint density at radius 3 is 2.33 bits per heavy atom. The number of hydrogen-bond donors (Lipinski definition) is 2. The Hall–Kier alpha value is -0.120. The Balaban J connectivity index is 2.51. The first-order valence-electron chi connectivity index (χ1n) is 9.07. The predicted octanol–water partition coefficient (Wildman–Crippen LogP) is 3.42. The normalized spacial score (nSPS) is 19.1. The summed E-state index contributed by atoms with van der Waals surface area (Å²) in [5.74, 6) is 0. The van der Waals surface area contributed by atoms with Crippen molar-refractivity contribution in [3.63, 3.8) is 0 Å². The van der Waals surface area contributed by atoms with Crippen molar-refractivity contribution < 1.29 is 5.11 Å². The maximum Gasteiger partial charge on any atom is 0.0558 e. The van der Waals surface area contributed by atoms with Crippen LogP contribution in [-0.2, 0) is 0 Å². The van der Waals surface area contributed by atoms with Crippen LogP contribution in [0.3, 0.4) is 0 Å². The molecule has 1 fully saturated rings. The van der Waals surface area contributed by atoms with Crippen molar-refractivity contribution in [1.29, 1.82) is 0 Å². The van der Waals surface area contributed by atoms with E-state index in [1.807, 2.05) is 0 Å². The third-order valence-corrected chi connectivity index (χ3v) is 4.87. The van der Waals surface area contributed by atoms with Crippen molar-refractivity contribution in [3.8, 4) is 0 Å². The molecule has 2 N–H and O–H groups in total. The minimum Gasteiger partial charge on any atom is -0.395 e. The number of aliphatic hydroxyl groups excluding tert-OH is 1. The van der Waals surface area contributed by atoms with Crippen LogP contribution in [0.4, 0.5) is 0 Å². The molecular weight excluding hydrogens is 260 g/mol. The molecule has 1 saturated carbocycles. The lowest BCUT2D eigenvalue weighted by Crippen LogP contribution is -2.46. The summed E-state index contributed by atoms with van der Waals surface area (Å²) in [7, 11) is 0. The summed E-state index contributed by atoms with van der Waals surface area (Å²) in [6.45, 7) is 12.6. The highest BCUT2D eigenvalue weighted by molar-refractivity contribution is 4.83. The van der Waals surface area contributed by atoms with Crippen molar-refractivity contribution in [2.75, 3.05) is 26.2 Å². The van der Waals surface area contributed by atoms with Crippen molar-refractivity contribution >= 4 is 0 Å². The van der Waals surface area contributed by atoms with Gasteiger partial charge in [0, 0.05) is 25.2 Å². The zero-order valence-corrected chi connectivity index (χ0v) is 14.8. The minimum atomic E-state index is 0.291. The second-order valence-electron chi connectivity index (χ2n) is 7.71. The fourth-order valence-electron chi connectivity index (χ4n) is 3.51. The Kier molecular flexibility index (Phi) is 8.84. The van der Waals surface area contributed by atoms with E-state index in [9.17, 15) is 5.11 Å². The monoisotopic (exact) mass is 298 g/mol. The Morgan fingerprint density at radius 2 is 1.81 bits per heavy atom. The van der Waals surface area contributed by atoms with E-state index in [1.54, 1.807) is 0 Å². The Morgan fingerprint density at radius 1 is 1.14 bits per heavy atom. The number of rotatable bonds is 9. The average molecular weight is 299 g/mol. The molecule has 1 aliphatic carbocycles. The first kappa shape index (κ1) is 18.9. The lowest BCUT2D eigenvalue weighted by atomic mass is 9.84. The number of hydrogen-bond acceptors (Lipinski definition) is 3. The molecule has 0 saturated heterocycles. The van der Waals surface area contributed by atoms with E-state index >= 15 is 0 Å². The molecule has 0 aromatic heterocycles. The molecule has 1 atom stereocenters. The summed E-state index contributed by atoms with van der Waals surface area (Å²) in [6.07, 6.45) is 9.14. The van der Waals surface area contributed by atoms with Gasteiger partial charge in [0.15, 0.2) is 0 Å². The van der Waals surface area contributed by atoms with E-state index in [-0.39, 0.29) is 0 Å². The second-order valence-corrected chi connectivity index (χ2v) is 7.71.